The van der Waals surface area contributed by atoms with Crippen molar-refractivity contribution in [2.24, 2.45) is 10.8 Å². The summed E-state index contributed by atoms with van der Waals surface area (Å²) in [5.41, 5.74) is 4.38. The third-order valence-electron chi connectivity index (χ3n) is 10.5. The van der Waals surface area contributed by atoms with Crippen LogP contribution in [-0.2, 0) is 30.3 Å². The average molecular weight is 866 g/mol. The largest absolute Gasteiger partial charge is 0.512 e. The van der Waals surface area contributed by atoms with Gasteiger partial charge in [-0.05, 0) is 54.7 Å². The molecule has 6 rings (SSSR count). The van der Waals surface area contributed by atoms with Gasteiger partial charge in [0.15, 0.2) is 5.78 Å². The van der Waals surface area contributed by atoms with Crippen LogP contribution in [0.3, 0.4) is 0 Å². The molecule has 0 spiro atoms. The van der Waals surface area contributed by atoms with Gasteiger partial charge in [0.25, 0.3) is 0 Å². The number of fused-ring (bicyclic) bond motifs is 3. The van der Waals surface area contributed by atoms with Crippen molar-refractivity contribution in [3.63, 3.8) is 0 Å². The standard InChI is InChI=1S/C28H21N2OS.C15H28O2.Ir/c1-28(2,3)23-13-18(12-17-6-4-5-7-19(17)23)27-21-14-25(31-24(21)8-10-30-27)22-15-29-16-26-20(22)9-11-32-26;1-7-14(5,8-2)12(16)11-13(17)15(6,9-3)10-4;/h4-11,13-16H,1-3H3;11,16H,7-10H2,1-6H3;/q-1;;/b;12-11-;. The van der Waals surface area contributed by atoms with E-state index in [0.717, 1.165) is 74.7 Å². The summed E-state index contributed by atoms with van der Waals surface area (Å²) in [5.74, 6) is 1.09. The van der Waals surface area contributed by atoms with Gasteiger partial charge in [-0.3, -0.25) is 14.8 Å². The van der Waals surface area contributed by atoms with Crippen LogP contribution < -0.4 is 0 Å². The molecule has 0 saturated heterocycles. The molecule has 7 heteroatoms. The number of carbonyl (C=O) groups is 1. The topological polar surface area (TPSA) is 76.2 Å². The molecule has 0 bridgehead atoms. The van der Waals surface area contributed by atoms with E-state index in [1.807, 2.05) is 66.2 Å². The van der Waals surface area contributed by atoms with Crippen molar-refractivity contribution in [1.29, 1.82) is 0 Å². The molecule has 0 atom stereocenters. The van der Waals surface area contributed by atoms with Gasteiger partial charge in [0.05, 0.1) is 4.70 Å². The van der Waals surface area contributed by atoms with Crippen LogP contribution in [0, 0.1) is 16.9 Å². The monoisotopic (exact) mass is 866 g/mol. The zero-order chi connectivity index (χ0) is 35.6. The second kappa shape index (κ2) is 15.7. The van der Waals surface area contributed by atoms with Gasteiger partial charge in [-0.1, -0.05) is 91.5 Å². The number of benzene rings is 2. The number of thiophene rings is 1. The maximum Gasteiger partial charge on any atom is 0.164 e. The Balaban J connectivity index is 0.000000269. The van der Waals surface area contributed by atoms with Crippen LogP contribution in [0.4, 0.5) is 0 Å². The Hall–Kier alpha value is -3.64. The third kappa shape index (κ3) is 7.81. The van der Waals surface area contributed by atoms with Crippen molar-refractivity contribution in [2.75, 3.05) is 0 Å². The number of ketones is 1. The number of aliphatic hydroxyl groups is 1. The fourth-order valence-corrected chi connectivity index (χ4v) is 6.84. The van der Waals surface area contributed by atoms with Crippen LogP contribution in [0.5, 0.6) is 0 Å². The van der Waals surface area contributed by atoms with Gasteiger partial charge in [-0.25, -0.2) is 0 Å². The summed E-state index contributed by atoms with van der Waals surface area (Å²) >= 11 is 1.69. The molecule has 0 aliphatic rings. The Morgan fingerprint density at radius 2 is 1.56 bits per heavy atom. The van der Waals surface area contributed by atoms with E-state index in [4.69, 9.17) is 9.40 Å². The molecule has 265 valence electrons. The number of aliphatic hydroxyl groups excluding tert-OH is 1. The van der Waals surface area contributed by atoms with Crippen molar-refractivity contribution in [3.8, 4) is 22.6 Å². The number of pyridine rings is 2. The summed E-state index contributed by atoms with van der Waals surface area (Å²) in [7, 11) is 0. The van der Waals surface area contributed by atoms with Gasteiger partial charge in [0, 0.05) is 77.6 Å². The Morgan fingerprint density at radius 3 is 2.22 bits per heavy atom. The van der Waals surface area contributed by atoms with Crippen LogP contribution in [0.25, 0.3) is 54.4 Å². The van der Waals surface area contributed by atoms with Crippen LogP contribution in [0.1, 0.15) is 93.6 Å². The molecule has 4 aromatic heterocycles. The number of aromatic nitrogens is 2. The quantitative estimate of drug-likeness (QED) is 0.0890. The maximum atomic E-state index is 12.2. The maximum absolute atomic E-state index is 12.2. The minimum Gasteiger partial charge on any atom is -0.512 e. The Labute approximate surface area is 314 Å². The van der Waals surface area contributed by atoms with Gasteiger partial charge in [-0.15, -0.1) is 40.5 Å². The molecule has 1 N–H and O–H groups in total. The fraction of sp³-hybridized carbons (Fsp3) is 0.372. The Bertz CT molecular complexity index is 2130. The summed E-state index contributed by atoms with van der Waals surface area (Å²) in [6, 6.07) is 20.4. The van der Waals surface area contributed by atoms with Crippen LogP contribution in [0.2, 0.25) is 0 Å². The summed E-state index contributed by atoms with van der Waals surface area (Å²) in [6.07, 6.45) is 10.3. The molecule has 4 heterocycles. The van der Waals surface area contributed by atoms with Gasteiger partial charge in [0.1, 0.15) is 17.1 Å². The first-order chi connectivity index (χ1) is 23.3. The molecule has 0 aliphatic carbocycles. The second-order valence-corrected chi connectivity index (χ2v) is 15.5. The van der Waals surface area contributed by atoms with E-state index in [1.54, 1.807) is 11.3 Å². The summed E-state index contributed by atoms with van der Waals surface area (Å²) < 4.78 is 7.44. The molecule has 5 nitrogen and oxygen atoms in total. The van der Waals surface area contributed by atoms with Crippen molar-refractivity contribution in [3.05, 3.63) is 96.0 Å². The smallest absolute Gasteiger partial charge is 0.164 e. The van der Waals surface area contributed by atoms with E-state index in [-0.39, 0.29) is 47.9 Å². The molecule has 0 unspecified atom stereocenters. The van der Waals surface area contributed by atoms with Crippen LogP contribution in [-0.4, -0.2) is 20.9 Å². The zero-order valence-corrected chi connectivity index (χ0v) is 33.9. The molecule has 0 amide bonds. The summed E-state index contributed by atoms with van der Waals surface area (Å²) in [4.78, 5) is 21.4. The van der Waals surface area contributed by atoms with E-state index in [9.17, 15) is 9.90 Å². The molecule has 2 aromatic carbocycles. The Kier molecular flexibility index (Phi) is 12.3. The molecule has 0 saturated carbocycles. The molecular weight excluding hydrogens is 817 g/mol. The van der Waals surface area contributed by atoms with Gasteiger partial charge in [0.2, 0.25) is 0 Å². The number of furan rings is 1. The van der Waals surface area contributed by atoms with Crippen molar-refractivity contribution in [2.45, 2.75) is 93.4 Å². The number of hydrogen-bond donors (Lipinski definition) is 1. The predicted octanol–water partition coefficient (Wildman–Crippen LogP) is 12.7. The van der Waals surface area contributed by atoms with Crippen molar-refractivity contribution < 1.29 is 34.4 Å². The molecular formula is C43H49IrN2O3S-. The third-order valence-corrected chi connectivity index (χ3v) is 11.4. The van der Waals surface area contributed by atoms with Gasteiger partial charge in [-0.2, -0.15) is 0 Å². The molecule has 0 aliphatic heterocycles. The average Bonchev–Trinajstić information content (AvgIpc) is 3.78. The van der Waals surface area contributed by atoms with E-state index in [0.29, 0.717) is 0 Å². The molecule has 0 fully saturated rings. The van der Waals surface area contributed by atoms with E-state index in [2.05, 4.69) is 79.7 Å². The molecule has 50 heavy (non-hydrogen) atoms. The number of hydrogen-bond acceptors (Lipinski definition) is 6. The minimum atomic E-state index is -0.337. The van der Waals surface area contributed by atoms with E-state index >= 15 is 0 Å². The van der Waals surface area contributed by atoms with E-state index in [1.165, 1.54) is 17.0 Å². The first-order valence-corrected chi connectivity index (χ1v) is 18.3. The van der Waals surface area contributed by atoms with Crippen LogP contribution >= 0.6 is 11.3 Å². The normalized spacial score (nSPS) is 12.5. The summed E-state index contributed by atoms with van der Waals surface area (Å²) in [6.45, 7) is 18.8. The first kappa shape index (κ1) is 39.2. The number of allylic oxidation sites excluding steroid dienone is 2. The SMILES string of the molecule is CC(C)(C)c1cc(-c2nccc3oc(-c4cncc5sccc45)cc23)[c-]c2ccccc12.CCC(C)(CC)C(=O)/C=C(\O)C(C)(CC)CC.[Ir]. The zero-order valence-electron chi connectivity index (χ0n) is 30.7. The molecule has 6 aromatic rings. The predicted molar refractivity (Wildman–Crippen MR) is 206 cm³/mol. The number of carbonyl (C=O) groups excluding carboxylic acids is 1. The summed E-state index contributed by atoms with van der Waals surface area (Å²) in [5, 5.41) is 16.7. The van der Waals surface area contributed by atoms with Crippen LogP contribution in [0.15, 0.2) is 88.8 Å². The van der Waals surface area contributed by atoms with Crippen molar-refractivity contribution in [1.82, 2.24) is 9.97 Å². The van der Waals surface area contributed by atoms with E-state index < -0.39 is 0 Å². The van der Waals surface area contributed by atoms with Gasteiger partial charge >= 0.3 is 0 Å². The van der Waals surface area contributed by atoms with Crippen molar-refractivity contribution >= 4 is 48.9 Å². The number of nitrogens with zero attached hydrogens (tertiary/aromatic N) is 2. The van der Waals surface area contributed by atoms with Gasteiger partial charge < -0.3 is 9.52 Å². The first-order valence-electron chi connectivity index (χ1n) is 17.4. The second-order valence-electron chi connectivity index (χ2n) is 14.5. The number of rotatable bonds is 9. The fourth-order valence-electron chi connectivity index (χ4n) is 6.06. The molecule has 1 radical (unpaired) electrons. The Morgan fingerprint density at radius 1 is 0.880 bits per heavy atom. The minimum absolute atomic E-state index is 0.